The molecule has 1 N–H and O–H groups in total. The number of benzene rings is 1. The molecule has 0 bridgehead atoms. The van der Waals surface area contributed by atoms with Crippen LogP contribution in [-0.4, -0.2) is 15.0 Å². The molecule has 3 aromatic rings. The van der Waals surface area contributed by atoms with E-state index in [0.29, 0.717) is 0 Å². The Kier molecular flexibility index (Phi) is 3.44. The standard InChI is InChI=1S/C15H14FN3S/c1-9-6-7-17-14-13(9)18-15(19-14)20-10(2)11-4-3-5-12(16)8-11/h3-8,10H,1-2H3,(H,17,18,19)/t10-/m0/s1. The summed E-state index contributed by atoms with van der Waals surface area (Å²) in [4.78, 5) is 12.0. The largest absolute Gasteiger partial charge is 0.331 e. The molecular weight excluding hydrogens is 273 g/mol. The van der Waals surface area contributed by atoms with E-state index < -0.39 is 0 Å². The molecule has 2 aromatic heterocycles. The molecule has 3 nitrogen and oxygen atoms in total. The molecule has 0 fully saturated rings. The Morgan fingerprint density at radius 2 is 2.15 bits per heavy atom. The van der Waals surface area contributed by atoms with Crippen molar-refractivity contribution in [3.05, 3.63) is 53.5 Å². The first kappa shape index (κ1) is 13.1. The van der Waals surface area contributed by atoms with Crippen molar-refractivity contribution < 1.29 is 4.39 Å². The summed E-state index contributed by atoms with van der Waals surface area (Å²) in [5.41, 5.74) is 3.74. The monoisotopic (exact) mass is 287 g/mol. The number of imidazole rings is 1. The molecule has 1 atom stereocenters. The van der Waals surface area contributed by atoms with Gasteiger partial charge in [0.25, 0.3) is 0 Å². The Balaban J connectivity index is 1.87. The highest BCUT2D eigenvalue weighted by atomic mass is 32.2. The number of hydrogen-bond acceptors (Lipinski definition) is 3. The van der Waals surface area contributed by atoms with Gasteiger partial charge < -0.3 is 4.98 Å². The minimum Gasteiger partial charge on any atom is -0.331 e. The summed E-state index contributed by atoms with van der Waals surface area (Å²) in [6, 6.07) is 8.61. The third kappa shape index (κ3) is 2.54. The summed E-state index contributed by atoms with van der Waals surface area (Å²) < 4.78 is 13.2. The molecule has 0 unspecified atom stereocenters. The molecule has 0 saturated heterocycles. The van der Waals surface area contributed by atoms with E-state index in [4.69, 9.17) is 0 Å². The van der Waals surface area contributed by atoms with Gasteiger partial charge in [-0.1, -0.05) is 23.9 Å². The van der Waals surface area contributed by atoms with Crippen LogP contribution in [0.1, 0.15) is 23.3 Å². The number of fused-ring (bicyclic) bond motifs is 1. The van der Waals surface area contributed by atoms with Gasteiger partial charge in [0.05, 0.1) is 5.52 Å². The van der Waals surface area contributed by atoms with Crippen LogP contribution < -0.4 is 0 Å². The van der Waals surface area contributed by atoms with Crippen molar-refractivity contribution in [1.82, 2.24) is 15.0 Å². The second-order valence-electron chi connectivity index (χ2n) is 4.68. The second-order valence-corrected chi connectivity index (χ2v) is 6.01. The lowest BCUT2D eigenvalue weighted by Gasteiger charge is -2.09. The quantitative estimate of drug-likeness (QED) is 0.732. The van der Waals surface area contributed by atoms with Crippen LogP contribution in [0.15, 0.2) is 41.7 Å². The van der Waals surface area contributed by atoms with Crippen LogP contribution in [0.5, 0.6) is 0 Å². The zero-order valence-corrected chi connectivity index (χ0v) is 12.0. The molecule has 0 aliphatic rings. The van der Waals surface area contributed by atoms with E-state index >= 15 is 0 Å². The molecule has 5 heteroatoms. The summed E-state index contributed by atoms with van der Waals surface area (Å²) in [5, 5.41) is 0.921. The Morgan fingerprint density at radius 1 is 1.30 bits per heavy atom. The first-order chi connectivity index (χ1) is 9.63. The number of halogens is 1. The topological polar surface area (TPSA) is 41.6 Å². The maximum absolute atomic E-state index is 13.2. The van der Waals surface area contributed by atoms with Gasteiger partial charge in [-0.05, 0) is 43.2 Å². The number of pyridine rings is 1. The fourth-order valence-electron chi connectivity index (χ4n) is 2.06. The van der Waals surface area contributed by atoms with E-state index in [1.165, 1.54) is 6.07 Å². The third-order valence-corrected chi connectivity index (χ3v) is 4.23. The first-order valence-corrected chi connectivity index (χ1v) is 7.25. The van der Waals surface area contributed by atoms with E-state index in [2.05, 4.69) is 15.0 Å². The molecule has 3 rings (SSSR count). The van der Waals surface area contributed by atoms with Crippen LogP contribution >= 0.6 is 11.8 Å². The molecular formula is C15H14FN3S. The van der Waals surface area contributed by atoms with Crippen molar-refractivity contribution in [1.29, 1.82) is 0 Å². The number of nitrogens with one attached hydrogen (secondary N) is 1. The second kappa shape index (κ2) is 5.25. The molecule has 0 radical (unpaired) electrons. The summed E-state index contributed by atoms with van der Waals surface area (Å²) in [7, 11) is 0. The van der Waals surface area contributed by atoms with Crippen LogP contribution in [0.3, 0.4) is 0 Å². The Morgan fingerprint density at radius 3 is 2.90 bits per heavy atom. The lowest BCUT2D eigenvalue weighted by atomic mass is 10.2. The first-order valence-electron chi connectivity index (χ1n) is 6.37. The normalized spacial score (nSPS) is 12.8. The number of aromatic nitrogens is 3. The SMILES string of the molecule is Cc1ccnc2nc(S[C@@H](C)c3cccc(F)c3)[nH]c12. The van der Waals surface area contributed by atoms with E-state index in [0.717, 1.165) is 27.4 Å². The van der Waals surface area contributed by atoms with Crippen LogP contribution in [0, 0.1) is 12.7 Å². The highest BCUT2D eigenvalue weighted by Gasteiger charge is 2.12. The summed E-state index contributed by atoms with van der Waals surface area (Å²) >= 11 is 1.57. The summed E-state index contributed by atoms with van der Waals surface area (Å²) in [5.74, 6) is -0.211. The van der Waals surface area contributed by atoms with Gasteiger partial charge in [-0.15, -0.1) is 0 Å². The van der Waals surface area contributed by atoms with Gasteiger partial charge in [0.1, 0.15) is 5.82 Å². The summed E-state index contributed by atoms with van der Waals surface area (Å²) in [6.07, 6.45) is 1.75. The zero-order chi connectivity index (χ0) is 14.1. The van der Waals surface area contributed by atoms with Gasteiger partial charge in [-0.3, -0.25) is 0 Å². The van der Waals surface area contributed by atoms with Crippen LogP contribution in [-0.2, 0) is 0 Å². The Hall–Kier alpha value is -1.88. The molecule has 0 saturated carbocycles. The van der Waals surface area contributed by atoms with Gasteiger partial charge in [-0.25, -0.2) is 14.4 Å². The Bertz CT molecular complexity index is 754. The number of nitrogens with zero attached hydrogens (tertiary/aromatic N) is 2. The Labute approximate surface area is 120 Å². The molecule has 1 aromatic carbocycles. The molecule has 20 heavy (non-hydrogen) atoms. The van der Waals surface area contributed by atoms with E-state index in [-0.39, 0.29) is 11.1 Å². The average molecular weight is 287 g/mol. The van der Waals surface area contributed by atoms with Crippen molar-refractivity contribution in [2.45, 2.75) is 24.3 Å². The van der Waals surface area contributed by atoms with E-state index in [9.17, 15) is 4.39 Å². The predicted octanol–water partition coefficient (Wildman–Crippen LogP) is 4.26. The number of hydrogen-bond donors (Lipinski definition) is 1. The van der Waals surface area contributed by atoms with Gasteiger partial charge in [0, 0.05) is 11.4 Å². The lowest BCUT2D eigenvalue weighted by molar-refractivity contribution is 0.625. The lowest BCUT2D eigenvalue weighted by Crippen LogP contribution is -1.90. The van der Waals surface area contributed by atoms with Gasteiger partial charge >= 0.3 is 0 Å². The fraction of sp³-hybridized carbons (Fsp3) is 0.200. The van der Waals surface area contributed by atoms with Crippen LogP contribution in [0.4, 0.5) is 4.39 Å². The zero-order valence-electron chi connectivity index (χ0n) is 11.2. The number of rotatable bonds is 3. The van der Waals surface area contributed by atoms with Crippen molar-refractivity contribution in [3.63, 3.8) is 0 Å². The van der Waals surface area contributed by atoms with Crippen molar-refractivity contribution >= 4 is 22.9 Å². The highest BCUT2D eigenvalue weighted by molar-refractivity contribution is 7.99. The average Bonchev–Trinajstić information content (AvgIpc) is 2.83. The maximum atomic E-state index is 13.2. The minimum atomic E-state index is -0.211. The van der Waals surface area contributed by atoms with E-state index in [1.54, 1.807) is 30.1 Å². The molecule has 0 amide bonds. The van der Waals surface area contributed by atoms with Gasteiger partial charge in [0.15, 0.2) is 10.8 Å². The molecule has 102 valence electrons. The molecule has 0 aliphatic carbocycles. The number of H-pyrrole nitrogens is 1. The number of thioether (sulfide) groups is 1. The number of aromatic amines is 1. The van der Waals surface area contributed by atoms with Crippen LogP contribution in [0.2, 0.25) is 0 Å². The van der Waals surface area contributed by atoms with Crippen molar-refractivity contribution in [2.24, 2.45) is 0 Å². The van der Waals surface area contributed by atoms with Gasteiger partial charge in [-0.2, -0.15) is 0 Å². The minimum absolute atomic E-state index is 0.117. The number of aryl methyl sites for hydroxylation is 1. The van der Waals surface area contributed by atoms with Crippen molar-refractivity contribution in [3.8, 4) is 0 Å². The summed E-state index contributed by atoms with van der Waals surface area (Å²) in [6.45, 7) is 4.06. The smallest absolute Gasteiger partial charge is 0.178 e. The van der Waals surface area contributed by atoms with Crippen molar-refractivity contribution in [2.75, 3.05) is 0 Å². The predicted molar refractivity (Wildman–Crippen MR) is 79.3 cm³/mol. The highest BCUT2D eigenvalue weighted by Crippen LogP contribution is 2.34. The fourth-order valence-corrected chi connectivity index (χ4v) is 2.98. The maximum Gasteiger partial charge on any atom is 0.178 e. The van der Waals surface area contributed by atoms with Crippen LogP contribution in [0.25, 0.3) is 11.2 Å². The van der Waals surface area contributed by atoms with Gasteiger partial charge in [0.2, 0.25) is 0 Å². The molecule has 0 aliphatic heterocycles. The van der Waals surface area contributed by atoms with E-state index in [1.807, 2.05) is 26.0 Å². The molecule has 2 heterocycles. The third-order valence-electron chi connectivity index (χ3n) is 3.19. The molecule has 0 spiro atoms.